The fourth-order valence-electron chi connectivity index (χ4n) is 1.72. The molecule has 1 rings (SSSR count). The van der Waals surface area contributed by atoms with Crippen LogP contribution in [0.25, 0.3) is 0 Å². The molecule has 0 bridgehead atoms. The molecule has 0 aliphatic carbocycles. The van der Waals surface area contributed by atoms with E-state index in [1.165, 1.54) is 17.0 Å². The SMILES string of the molecule is CCC(O)c1cccc(S(=O)(=O)NCCC(=O)N(C)C)c1. The van der Waals surface area contributed by atoms with E-state index in [1.807, 2.05) is 6.92 Å². The molecule has 6 nitrogen and oxygen atoms in total. The van der Waals surface area contributed by atoms with Gasteiger partial charge in [0, 0.05) is 27.1 Å². The Hall–Kier alpha value is -1.44. The summed E-state index contributed by atoms with van der Waals surface area (Å²) in [5, 5.41) is 9.76. The molecule has 0 spiro atoms. The fraction of sp³-hybridized carbons (Fsp3) is 0.500. The number of benzene rings is 1. The highest BCUT2D eigenvalue weighted by molar-refractivity contribution is 7.89. The number of aliphatic hydroxyl groups excluding tert-OH is 1. The lowest BCUT2D eigenvalue weighted by Gasteiger charge is -2.12. The maximum absolute atomic E-state index is 12.1. The first kappa shape index (κ1) is 17.6. The zero-order chi connectivity index (χ0) is 16.0. The highest BCUT2D eigenvalue weighted by Crippen LogP contribution is 2.19. The van der Waals surface area contributed by atoms with Crippen molar-refractivity contribution in [3.63, 3.8) is 0 Å². The molecule has 7 heteroatoms. The third-order valence-electron chi connectivity index (χ3n) is 3.07. The Labute approximate surface area is 125 Å². The summed E-state index contributed by atoms with van der Waals surface area (Å²) in [4.78, 5) is 12.9. The number of amides is 1. The number of hydrogen-bond donors (Lipinski definition) is 2. The highest BCUT2D eigenvalue weighted by atomic mass is 32.2. The summed E-state index contributed by atoms with van der Waals surface area (Å²) in [5.41, 5.74) is 0.560. The maximum atomic E-state index is 12.1. The highest BCUT2D eigenvalue weighted by Gasteiger charge is 2.16. The minimum absolute atomic E-state index is 0.0416. The number of nitrogens with zero attached hydrogens (tertiary/aromatic N) is 1. The molecule has 1 aromatic rings. The summed E-state index contributed by atoms with van der Waals surface area (Å²) in [6.07, 6.45) is -0.0759. The molecular formula is C14H22N2O4S. The van der Waals surface area contributed by atoms with Gasteiger partial charge in [-0.05, 0) is 24.1 Å². The van der Waals surface area contributed by atoms with Gasteiger partial charge in [0.2, 0.25) is 15.9 Å². The minimum atomic E-state index is -3.68. The molecule has 0 radical (unpaired) electrons. The molecule has 0 saturated carbocycles. The number of rotatable bonds is 7. The molecule has 0 aromatic heterocycles. The standard InChI is InChI=1S/C14H22N2O4S/c1-4-13(17)11-6-5-7-12(10-11)21(19,20)15-9-8-14(18)16(2)3/h5-7,10,13,15,17H,4,8-9H2,1-3H3. The monoisotopic (exact) mass is 314 g/mol. The average Bonchev–Trinajstić information content (AvgIpc) is 2.46. The van der Waals surface area contributed by atoms with Crippen LogP contribution < -0.4 is 4.72 Å². The number of aliphatic hydroxyl groups is 1. The van der Waals surface area contributed by atoms with Gasteiger partial charge in [0.1, 0.15) is 0 Å². The zero-order valence-corrected chi connectivity index (χ0v) is 13.4. The lowest BCUT2D eigenvalue weighted by molar-refractivity contribution is -0.128. The molecule has 1 amide bonds. The minimum Gasteiger partial charge on any atom is -0.388 e. The number of sulfonamides is 1. The third-order valence-corrected chi connectivity index (χ3v) is 4.53. The van der Waals surface area contributed by atoms with Crippen LogP contribution in [0.3, 0.4) is 0 Å². The van der Waals surface area contributed by atoms with Crippen LogP contribution in [-0.4, -0.2) is 45.0 Å². The zero-order valence-electron chi connectivity index (χ0n) is 12.5. The van der Waals surface area contributed by atoms with E-state index in [9.17, 15) is 18.3 Å². The van der Waals surface area contributed by atoms with Crippen LogP contribution in [-0.2, 0) is 14.8 Å². The van der Waals surface area contributed by atoms with Crippen LogP contribution in [0.15, 0.2) is 29.2 Å². The van der Waals surface area contributed by atoms with Gasteiger partial charge in [-0.25, -0.2) is 13.1 Å². The van der Waals surface area contributed by atoms with Crippen molar-refractivity contribution >= 4 is 15.9 Å². The van der Waals surface area contributed by atoms with E-state index < -0.39 is 16.1 Å². The molecule has 1 unspecified atom stereocenters. The second kappa shape index (κ2) is 7.53. The molecule has 1 aromatic carbocycles. The third kappa shape index (κ3) is 5.11. The van der Waals surface area contributed by atoms with Crippen molar-refractivity contribution in [2.45, 2.75) is 30.8 Å². The van der Waals surface area contributed by atoms with Crippen molar-refractivity contribution in [2.24, 2.45) is 0 Å². The number of carbonyl (C=O) groups is 1. The van der Waals surface area contributed by atoms with Gasteiger partial charge < -0.3 is 10.0 Å². The van der Waals surface area contributed by atoms with Gasteiger partial charge in [0.25, 0.3) is 0 Å². The van der Waals surface area contributed by atoms with Crippen molar-refractivity contribution in [2.75, 3.05) is 20.6 Å². The number of hydrogen-bond acceptors (Lipinski definition) is 4. The van der Waals surface area contributed by atoms with Gasteiger partial charge in [-0.15, -0.1) is 0 Å². The van der Waals surface area contributed by atoms with Gasteiger partial charge in [-0.2, -0.15) is 0 Å². The van der Waals surface area contributed by atoms with Crippen molar-refractivity contribution < 1.29 is 18.3 Å². The van der Waals surface area contributed by atoms with Crippen LogP contribution in [0, 0.1) is 0 Å². The summed E-state index contributed by atoms with van der Waals surface area (Å²) in [5.74, 6) is -0.146. The Bertz CT molecular complexity index is 584. The van der Waals surface area contributed by atoms with E-state index in [0.29, 0.717) is 12.0 Å². The largest absolute Gasteiger partial charge is 0.388 e. The summed E-state index contributed by atoms with van der Waals surface area (Å²) in [6, 6.07) is 6.18. The molecule has 118 valence electrons. The smallest absolute Gasteiger partial charge is 0.240 e. The summed E-state index contributed by atoms with van der Waals surface area (Å²) >= 11 is 0. The van der Waals surface area contributed by atoms with Gasteiger partial charge in [-0.1, -0.05) is 19.1 Å². The van der Waals surface area contributed by atoms with Crippen LogP contribution in [0.4, 0.5) is 0 Å². The second-order valence-corrected chi connectivity index (χ2v) is 6.70. The van der Waals surface area contributed by atoms with Gasteiger partial charge in [-0.3, -0.25) is 4.79 Å². The molecule has 0 fully saturated rings. The van der Waals surface area contributed by atoms with E-state index in [-0.39, 0.29) is 23.8 Å². The summed E-state index contributed by atoms with van der Waals surface area (Å²) < 4.78 is 26.6. The normalized spacial score (nSPS) is 13.0. The van der Waals surface area contributed by atoms with Crippen molar-refractivity contribution in [3.8, 4) is 0 Å². The molecule has 21 heavy (non-hydrogen) atoms. The molecule has 2 N–H and O–H groups in total. The van der Waals surface area contributed by atoms with E-state index in [4.69, 9.17) is 0 Å². The second-order valence-electron chi connectivity index (χ2n) is 4.93. The topological polar surface area (TPSA) is 86.7 Å². The van der Waals surface area contributed by atoms with Crippen LogP contribution in [0.1, 0.15) is 31.4 Å². The predicted octanol–water partition coefficient (Wildman–Crippen LogP) is 0.887. The summed E-state index contributed by atoms with van der Waals surface area (Å²) in [7, 11) is -0.443. The summed E-state index contributed by atoms with van der Waals surface area (Å²) in [6.45, 7) is 1.86. The lowest BCUT2D eigenvalue weighted by atomic mass is 10.1. The Morgan fingerprint density at radius 3 is 2.62 bits per heavy atom. The quantitative estimate of drug-likeness (QED) is 0.782. The van der Waals surface area contributed by atoms with Gasteiger partial charge in [0.05, 0.1) is 11.0 Å². The molecular weight excluding hydrogens is 292 g/mol. The van der Waals surface area contributed by atoms with Crippen LogP contribution >= 0.6 is 0 Å². The van der Waals surface area contributed by atoms with E-state index in [1.54, 1.807) is 26.2 Å². The first-order valence-corrected chi connectivity index (χ1v) is 8.24. The van der Waals surface area contributed by atoms with Crippen molar-refractivity contribution in [3.05, 3.63) is 29.8 Å². The average molecular weight is 314 g/mol. The Balaban J connectivity index is 2.77. The van der Waals surface area contributed by atoms with E-state index >= 15 is 0 Å². The van der Waals surface area contributed by atoms with Crippen molar-refractivity contribution in [1.82, 2.24) is 9.62 Å². The Morgan fingerprint density at radius 1 is 1.38 bits per heavy atom. The van der Waals surface area contributed by atoms with Crippen LogP contribution in [0.5, 0.6) is 0 Å². The number of carbonyl (C=O) groups excluding carboxylic acids is 1. The fourth-order valence-corrected chi connectivity index (χ4v) is 2.81. The Morgan fingerprint density at radius 2 is 2.05 bits per heavy atom. The van der Waals surface area contributed by atoms with Gasteiger partial charge in [0.15, 0.2) is 0 Å². The van der Waals surface area contributed by atoms with E-state index in [2.05, 4.69) is 4.72 Å². The molecule has 0 aliphatic heterocycles. The lowest BCUT2D eigenvalue weighted by Crippen LogP contribution is -2.30. The van der Waals surface area contributed by atoms with Crippen LogP contribution in [0.2, 0.25) is 0 Å². The van der Waals surface area contributed by atoms with E-state index in [0.717, 1.165) is 0 Å². The maximum Gasteiger partial charge on any atom is 0.240 e. The number of nitrogens with one attached hydrogen (secondary N) is 1. The predicted molar refractivity (Wildman–Crippen MR) is 80.2 cm³/mol. The molecule has 0 saturated heterocycles. The molecule has 0 heterocycles. The first-order valence-electron chi connectivity index (χ1n) is 6.75. The van der Waals surface area contributed by atoms with Crippen molar-refractivity contribution in [1.29, 1.82) is 0 Å². The molecule has 0 aliphatic rings. The Kier molecular flexibility index (Phi) is 6.32. The first-order chi connectivity index (χ1) is 9.77. The molecule has 1 atom stereocenters. The van der Waals surface area contributed by atoms with Gasteiger partial charge >= 0.3 is 0 Å².